The van der Waals surface area contributed by atoms with Crippen molar-refractivity contribution in [3.63, 3.8) is 0 Å². The lowest BCUT2D eigenvalue weighted by Gasteiger charge is -2.30. The number of aryl methyl sites for hydroxylation is 1. The predicted molar refractivity (Wildman–Crippen MR) is 69.3 cm³/mol. The zero-order valence-electron chi connectivity index (χ0n) is 10.8. The molecule has 0 aliphatic carbocycles. The summed E-state index contributed by atoms with van der Waals surface area (Å²) < 4.78 is 24.8. The Bertz CT molecular complexity index is 654. The quantitative estimate of drug-likeness (QED) is 0.734. The van der Waals surface area contributed by atoms with Gasteiger partial charge >= 0.3 is 0 Å². The molecule has 0 saturated carbocycles. The summed E-state index contributed by atoms with van der Waals surface area (Å²) >= 11 is 0. The summed E-state index contributed by atoms with van der Waals surface area (Å²) in [6.45, 7) is 2.02. The fourth-order valence-electron chi connectivity index (χ4n) is 2.14. The third kappa shape index (κ3) is 2.49. The standard InChI is InChI=1S/C12H15N3O3S/c1-9-7-15(3-4-19(9,17)18)12(16)11-5-10(6-13)8-14(11)2/h5,8-9H,3-4,7H2,1-2H3/t9-/m0/s1. The molecule has 2 heterocycles. The second-order valence-corrected chi connectivity index (χ2v) is 7.30. The van der Waals surface area contributed by atoms with Crippen LogP contribution in [0.25, 0.3) is 0 Å². The molecular weight excluding hydrogens is 266 g/mol. The van der Waals surface area contributed by atoms with E-state index >= 15 is 0 Å². The van der Waals surface area contributed by atoms with Gasteiger partial charge in [-0.15, -0.1) is 0 Å². The maximum atomic E-state index is 12.3. The molecule has 6 nitrogen and oxygen atoms in total. The van der Waals surface area contributed by atoms with Gasteiger partial charge in [-0.2, -0.15) is 5.26 Å². The Hall–Kier alpha value is -1.81. The first-order valence-corrected chi connectivity index (χ1v) is 7.64. The van der Waals surface area contributed by atoms with Crippen molar-refractivity contribution in [1.82, 2.24) is 9.47 Å². The van der Waals surface area contributed by atoms with Crippen molar-refractivity contribution in [3.8, 4) is 6.07 Å². The van der Waals surface area contributed by atoms with Crippen molar-refractivity contribution < 1.29 is 13.2 Å². The van der Waals surface area contributed by atoms with Crippen LogP contribution in [0.3, 0.4) is 0 Å². The SMILES string of the molecule is C[C@H]1CN(C(=O)c2cc(C#N)cn2C)CCS1(=O)=O. The molecule has 1 amide bonds. The van der Waals surface area contributed by atoms with Crippen LogP contribution in [0.2, 0.25) is 0 Å². The molecule has 7 heteroatoms. The molecule has 0 spiro atoms. The van der Waals surface area contributed by atoms with E-state index in [4.69, 9.17) is 5.26 Å². The van der Waals surface area contributed by atoms with E-state index in [1.807, 2.05) is 6.07 Å². The lowest BCUT2D eigenvalue weighted by atomic mass is 10.3. The van der Waals surface area contributed by atoms with Crippen LogP contribution in [0, 0.1) is 11.3 Å². The summed E-state index contributed by atoms with van der Waals surface area (Å²) in [4.78, 5) is 13.8. The highest BCUT2D eigenvalue weighted by atomic mass is 32.2. The largest absolute Gasteiger partial charge is 0.345 e. The molecule has 0 bridgehead atoms. The fraction of sp³-hybridized carbons (Fsp3) is 0.500. The van der Waals surface area contributed by atoms with E-state index in [1.165, 1.54) is 11.0 Å². The van der Waals surface area contributed by atoms with E-state index in [0.717, 1.165) is 0 Å². The summed E-state index contributed by atoms with van der Waals surface area (Å²) in [6.07, 6.45) is 1.58. The first kappa shape index (κ1) is 13.6. The Morgan fingerprint density at radius 3 is 2.74 bits per heavy atom. The van der Waals surface area contributed by atoms with Gasteiger partial charge in [0.2, 0.25) is 0 Å². The van der Waals surface area contributed by atoms with E-state index in [1.54, 1.807) is 24.7 Å². The summed E-state index contributed by atoms with van der Waals surface area (Å²) in [5.74, 6) is -0.235. The number of hydrogen-bond acceptors (Lipinski definition) is 4. The van der Waals surface area contributed by atoms with Crippen LogP contribution in [0.1, 0.15) is 23.0 Å². The Kier molecular flexibility index (Phi) is 3.37. The summed E-state index contributed by atoms with van der Waals surface area (Å²) in [5.41, 5.74) is 0.826. The average Bonchev–Trinajstić information content (AvgIpc) is 2.73. The molecule has 1 aliphatic rings. The van der Waals surface area contributed by atoms with Gasteiger partial charge in [-0.3, -0.25) is 4.79 Å². The minimum absolute atomic E-state index is 0.00453. The number of nitriles is 1. The molecule has 1 saturated heterocycles. The van der Waals surface area contributed by atoms with Crippen LogP contribution in [0.4, 0.5) is 0 Å². The van der Waals surface area contributed by atoms with Crippen molar-refractivity contribution in [2.45, 2.75) is 12.2 Å². The second-order valence-electron chi connectivity index (χ2n) is 4.77. The van der Waals surface area contributed by atoms with Crippen molar-refractivity contribution in [2.24, 2.45) is 7.05 Å². The van der Waals surface area contributed by atoms with E-state index < -0.39 is 15.1 Å². The molecular formula is C12H15N3O3S. The van der Waals surface area contributed by atoms with E-state index in [0.29, 0.717) is 11.3 Å². The second kappa shape index (κ2) is 4.70. The molecule has 102 valence electrons. The molecule has 0 radical (unpaired) electrons. The molecule has 1 aromatic heterocycles. The lowest BCUT2D eigenvalue weighted by molar-refractivity contribution is 0.0750. The van der Waals surface area contributed by atoms with Gasteiger partial charge in [-0.1, -0.05) is 0 Å². The van der Waals surface area contributed by atoms with Gasteiger partial charge in [0.05, 0.1) is 16.6 Å². The molecule has 0 N–H and O–H groups in total. The monoisotopic (exact) mass is 281 g/mol. The molecule has 2 rings (SSSR count). The van der Waals surface area contributed by atoms with Crippen molar-refractivity contribution in [3.05, 3.63) is 23.5 Å². The number of hydrogen-bond donors (Lipinski definition) is 0. The van der Waals surface area contributed by atoms with Crippen LogP contribution >= 0.6 is 0 Å². The first-order chi connectivity index (χ1) is 8.85. The third-order valence-electron chi connectivity index (χ3n) is 3.38. The van der Waals surface area contributed by atoms with Gasteiger partial charge in [0.25, 0.3) is 5.91 Å². The predicted octanol–water partition coefficient (Wildman–Crippen LogP) is 0.156. The summed E-state index contributed by atoms with van der Waals surface area (Å²) in [6, 6.07) is 3.50. The minimum Gasteiger partial charge on any atom is -0.345 e. The van der Waals surface area contributed by atoms with Crippen molar-refractivity contribution in [1.29, 1.82) is 5.26 Å². The Balaban J connectivity index is 2.22. The third-order valence-corrected chi connectivity index (χ3v) is 5.50. The van der Waals surface area contributed by atoms with Gasteiger partial charge in [0, 0.05) is 26.3 Å². The molecule has 0 aromatic carbocycles. The first-order valence-electron chi connectivity index (χ1n) is 5.92. The molecule has 19 heavy (non-hydrogen) atoms. The maximum absolute atomic E-state index is 12.3. The number of sulfone groups is 1. The van der Waals surface area contributed by atoms with Gasteiger partial charge in [0.1, 0.15) is 11.8 Å². The van der Waals surface area contributed by atoms with E-state index in [9.17, 15) is 13.2 Å². The molecule has 1 aliphatic heterocycles. The normalized spacial score (nSPS) is 21.9. The molecule has 1 aromatic rings. The van der Waals surface area contributed by atoms with Crippen molar-refractivity contribution >= 4 is 15.7 Å². The molecule has 1 fully saturated rings. The Morgan fingerprint density at radius 1 is 1.53 bits per heavy atom. The highest BCUT2D eigenvalue weighted by Crippen LogP contribution is 2.16. The Labute approximate surface area is 112 Å². The highest BCUT2D eigenvalue weighted by Gasteiger charge is 2.32. The topological polar surface area (TPSA) is 83.2 Å². The maximum Gasteiger partial charge on any atom is 0.270 e. The Morgan fingerprint density at radius 2 is 2.21 bits per heavy atom. The van der Waals surface area contributed by atoms with Crippen LogP contribution in [0.5, 0.6) is 0 Å². The lowest BCUT2D eigenvalue weighted by Crippen LogP contribution is -2.48. The highest BCUT2D eigenvalue weighted by molar-refractivity contribution is 7.92. The molecule has 0 unspecified atom stereocenters. The summed E-state index contributed by atoms with van der Waals surface area (Å²) in [7, 11) is -1.38. The average molecular weight is 281 g/mol. The van der Waals surface area contributed by atoms with Crippen molar-refractivity contribution in [2.75, 3.05) is 18.8 Å². The van der Waals surface area contributed by atoms with Gasteiger partial charge in [-0.25, -0.2) is 8.42 Å². The summed E-state index contributed by atoms with van der Waals surface area (Å²) in [5, 5.41) is 8.27. The smallest absolute Gasteiger partial charge is 0.270 e. The number of nitrogens with zero attached hydrogens (tertiary/aromatic N) is 3. The molecule has 1 atom stereocenters. The van der Waals surface area contributed by atoms with Gasteiger partial charge < -0.3 is 9.47 Å². The minimum atomic E-state index is -3.07. The number of carbonyl (C=O) groups excluding carboxylic acids is 1. The number of carbonyl (C=O) groups is 1. The van der Waals surface area contributed by atoms with Crippen LogP contribution in [-0.4, -0.2) is 47.9 Å². The van der Waals surface area contributed by atoms with E-state index in [-0.39, 0.29) is 24.7 Å². The van der Waals surface area contributed by atoms with Crippen LogP contribution in [0.15, 0.2) is 12.3 Å². The fourth-order valence-corrected chi connectivity index (χ4v) is 3.42. The number of aromatic nitrogens is 1. The van der Waals surface area contributed by atoms with E-state index in [2.05, 4.69) is 0 Å². The number of rotatable bonds is 1. The zero-order valence-corrected chi connectivity index (χ0v) is 11.6. The zero-order chi connectivity index (χ0) is 14.2. The van der Waals surface area contributed by atoms with Crippen LogP contribution in [-0.2, 0) is 16.9 Å². The van der Waals surface area contributed by atoms with Gasteiger partial charge in [0.15, 0.2) is 9.84 Å². The van der Waals surface area contributed by atoms with Gasteiger partial charge in [-0.05, 0) is 13.0 Å². The number of amides is 1. The van der Waals surface area contributed by atoms with Crippen LogP contribution < -0.4 is 0 Å².